The predicted molar refractivity (Wildman–Crippen MR) is 216 cm³/mol. The minimum Gasteiger partial charge on any atom is -0.480 e. The highest BCUT2D eigenvalue weighted by atomic mass is 16.5. The van der Waals surface area contributed by atoms with Crippen LogP contribution in [0.5, 0.6) is 0 Å². The fraction of sp³-hybridized carbons (Fsp3) is 0.750. The zero-order valence-corrected chi connectivity index (χ0v) is 32.9. The number of aliphatic carboxylic acids is 1. The first-order valence-electron chi connectivity index (χ1n) is 21.0. The van der Waals surface area contributed by atoms with Crippen molar-refractivity contribution in [2.75, 3.05) is 6.54 Å². The Balaban J connectivity index is 4.30. The summed E-state index contributed by atoms with van der Waals surface area (Å²) in [7, 11) is 0. The van der Waals surface area contributed by atoms with Gasteiger partial charge in [-0.05, 0) is 103 Å². The van der Waals surface area contributed by atoms with E-state index in [1.54, 1.807) is 0 Å². The molecule has 0 aromatic carbocycles. The Labute approximate surface area is 313 Å². The van der Waals surface area contributed by atoms with Gasteiger partial charge in [0.2, 0.25) is 5.91 Å². The fourth-order valence-corrected chi connectivity index (χ4v) is 5.90. The van der Waals surface area contributed by atoms with Crippen molar-refractivity contribution in [3.05, 3.63) is 48.6 Å². The molecule has 0 fully saturated rings. The van der Waals surface area contributed by atoms with Crippen molar-refractivity contribution in [2.24, 2.45) is 5.73 Å². The third-order valence-electron chi connectivity index (χ3n) is 9.10. The van der Waals surface area contributed by atoms with Crippen molar-refractivity contribution in [2.45, 2.75) is 206 Å². The highest BCUT2D eigenvalue weighted by molar-refractivity contribution is 5.83. The average Bonchev–Trinajstić information content (AvgIpc) is 3.11. The number of amides is 1. The van der Waals surface area contributed by atoms with Gasteiger partial charge in [0.25, 0.3) is 0 Å². The van der Waals surface area contributed by atoms with Crippen molar-refractivity contribution in [1.29, 1.82) is 0 Å². The van der Waals surface area contributed by atoms with E-state index in [1.165, 1.54) is 64.2 Å². The Kier molecular flexibility index (Phi) is 36.5. The number of unbranched alkanes of at least 4 members (excludes halogenated alkanes) is 17. The van der Waals surface area contributed by atoms with E-state index in [0.29, 0.717) is 32.2 Å². The number of carboxylic acid groups (broad SMARTS) is 1. The number of esters is 1. The summed E-state index contributed by atoms with van der Waals surface area (Å²) in [4.78, 5) is 36.2. The van der Waals surface area contributed by atoms with Gasteiger partial charge in [-0.1, -0.05) is 133 Å². The van der Waals surface area contributed by atoms with E-state index >= 15 is 0 Å². The highest BCUT2D eigenvalue weighted by Crippen LogP contribution is 2.15. The van der Waals surface area contributed by atoms with Crippen molar-refractivity contribution in [3.63, 3.8) is 0 Å². The number of nitrogens with one attached hydrogen (secondary N) is 1. The van der Waals surface area contributed by atoms with E-state index < -0.39 is 12.0 Å². The van der Waals surface area contributed by atoms with Crippen LogP contribution < -0.4 is 11.1 Å². The van der Waals surface area contributed by atoms with Gasteiger partial charge in [0.05, 0.1) is 0 Å². The van der Waals surface area contributed by atoms with Crippen LogP contribution >= 0.6 is 0 Å². The lowest BCUT2D eigenvalue weighted by Gasteiger charge is -2.15. The molecule has 0 aromatic heterocycles. The van der Waals surface area contributed by atoms with Gasteiger partial charge in [0, 0.05) is 12.8 Å². The van der Waals surface area contributed by atoms with Crippen LogP contribution in [0.3, 0.4) is 0 Å². The topological polar surface area (TPSA) is 119 Å². The Morgan fingerprint density at radius 2 is 1.08 bits per heavy atom. The molecule has 0 radical (unpaired) electrons. The van der Waals surface area contributed by atoms with Crippen LogP contribution in [0.2, 0.25) is 0 Å². The van der Waals surface area contributed by atoms with Crippen LogP contribution in [-0.2, 0) is 19.1 Å². The lowest BCUT2D eigenvalue weighted by Crippen LogP contribution is -2.40. The molecule has 0 aromatic rings. The van der Waals surface area contributed by atoms with Crippen molar-refractivity contribution in [3.8, 4) is 0 Å². The van der Waals surface area contributed by atoms with Gasteiger partial charge in [-0.2, -0.15) is 0 Å². The SMILES string of the molecule is CCCCC/C=C\C/C=C\C(CCCCCCCCC(=O)NC(CCCN)C(=O)O)OC(=O)CCCCCCC/C=C\C/C=C\CCCCCC. The minimum absolute atomic E-state index is 0.0902. The molecule has 1 amide bonds. The second-order valence-corrected chi connectivity index (χ2v) is 14.0. The van der Waals surface area contributed by atoms with E-state index in [1.807, 2.05) is 0 Å². The standard InChI is InChI=1S/C44H78N2O5/c1-3-5-7-9-11-13-14-15-16-17-18-19-20-22-28-32-38-43(48)51-40(34-29-25-21-12-10-8-6-4-2)35-30-26-23-24-27-31-37-42(47)46-41(44(49)50)36-33-39-45/h12-14,16-17,21,29,34,40-41H,3-11,15,18-20,22-28,30-33,35-39,45H2,1-2H3,(H,46,47)(H,49,50)/b14-13-,17-16-,21-12-,34-29-. The van der Waals surface area contributed by atoms with Gasteiger partial charge in [-0.3, -0.25) is 9.59 Å². The number of carbonyl (C=O) groups is 3. The van der Waals surface area contributed by atoms with Gasteiger partial charge in [-0.25, -0.2) is 4.79 Å². The van der Waals surface area contributed by atoms with Crippen LogP contribution in [0.15, 0.2) is 48.6 Å². The first-order chi connectivity index (χ1) is 24.9. The monoisotopic (exact) mass is 715 g/mol. The molecule has 7 heteroatoms. The first-order valence-corrected chi connectivity index (χ1v) is 21.0. The summed E-state index contributed by atoms with van der Waals surface area (Å²) in [5.74, 6) is -1.31. The molecule has 0 heterocycles. The van der Waals surface area contributed by atoms with Crippen molar-refractivity contribution in [1.82, 2.24) is 5.32 Å². The van der Waals surface area contributed by atoms with E-state index in [2.05, 4.69) is 67.8 Å². The zero-order valence-electron chi connectivity index (χ0n) is 32.9. The number of nitrogens with two attached hydrogens (primary N) is 1. The maximum absolute atomic E-state index is 12.7. The summed E-state index contributed by atoms with van der Waals surface area (Å²) in [5, 5.41) is 11.9. The van der Waals surface area contributed by atoms with Crippen LogP contribution in [0.25, 0.3) is 0 Å². The number of carbonyl (C=O) groups excluding carboxylic acids is 2. The smallest absolute Gasteiger partial charge is 0.326 e. The van der Waals surface area contributed by atoms with Crippen LogP contribution in [0.1, 0.15) is 194 Å². The summed E-state index contributed by atoms with van der Waals surface area (Å²) in [6.07, 6.45) is 46.0. The second kappa shape index (κ2) is 38.6. The summed E-state index contributed by atoms with van der Waals surface area (Å²) >= 11 is 0. The largest absolute Gasteiger partial charge is 0.480 e. The maximum Gasteiger partial charge on any atom is 0.326 e. The van der Waals surface area contributed by atoms with Gasteiger partial charge in [-0.15, -0.1) is 0 Å². The Morgan fingerprint density at radius 3 is 1.67 bits per heavy atom. The lowest BCUT2D eigenvalue weighted by molar-refractivity contribution is -0.147. The molecule has 0 aliphatic rings. The molecule has 0 aliphatic heterocycles. The Bertz CT molecular complexity index is 942. The maximum atomic E-state index is 12.7. The molecule has 2 atom stereocenters. The third kappa shape index (κ3) is 35.5. The van der Waals surface area contributed by atoms with Gasteiger partial charge in [0.1, 0.15) is 12.1 Å². The molecule has 2 unspecified atom stereocenters. The Hall–Kier alpha value is -2.67. The number of ether oxygens (including phenoxy) is 1. The molecule has 294 valence electrons. The van der Waals surface area contributed by atoms with E-state index in [0.717, 1.165) is 89.9 Å². The normalized spacial score (nSPS) is 13.2. The molecule has 0 rings (SSSR count). The van der Waals surface area contributed by atoms with E-state index in [4.69, 9.17) is 10.5 Å². The van der Waals surface area contributed by atoms with Gasteiger partial charge >= 0.3 is 11.9 Å². The van der Waals surface area contributed by atoms with E-state index in [9.17, 15) is 19.5 Å². The van der Waals surface area contributed by atoms with Gasteiger partial charge < -0.3 is 20.9 Å². The summed E-state index contributed by atoms with van der Waals surface area (Å²) in [6, 6.07) is -0.857. The zero-order chi connectivity index (χ0) is 37.5. The average molecular weight is 715 g/mol. The number of allylic oxidation sites excluding steroid dienone is 7. The Morgan fingerprint density at radius 1 is 0.588 bits per heavy atom. The number of carboxylic acids is 1. The molecule has 0 aliphatic carbocycles. The van der Waals surface area contributed by atoms with Crippen LogP contribution in [-0.4, -0.2) is 41.6 Å². The minimum atomic E-state index is -1.01. The van der Waals surface area contributed by atoms with Crippen LogP contribution in [0.4, 0.5) is 0 Å². The molecule has 0 saturated heterocycles. The highest BCUT2D eigenvalue weighted by Gasteiger charge is 2.18. The molecule has 0 saturated carbocycles. The molecular formula is C44H78N2O5. The second-order valence-electron chi connectivity index (χ2n) is 14.0. The molecule has 51 heavy (non-hydrogen) atoms. The third-order valence-corrected chi connectivity index (χ3v) is 9.10. The number of rotatable bonds is 37. The summed E-state index contributed by atoms with van der Waals surface area (Å²) < 4.78 is 5.92. The molecule has 7 nitrogen and oxygen atoms in total. The molecule has 4 N–H and O–H groups in total. The van der Waals surface area contributed by atoms with Gasteiger partial charge in [0.15, 0.2) is 0 Å². The quantitative estimate of drug-likeness (QED) is 0.0335. The lowest BCUT2D eigenvalue weighted by atomic mass is 10.0. The fourth-order valence-electron chi connectivity index (χ4n) is 5.90. The predicted octanol–water partition coefficient (Wildman–Crippen LogP) is 11.6. The van der Waals surface area contributed by atoms with Crippen molar-refractivity contribution < 1.29 is 24.2 Å². The molecule has 0 spiro atoms. The molecular weight excluding hydrogens is 636 g/mol. The first kappa shape index (κ1) is 48.3. The number of hydrogen-bond donors (Lipinski definition) is 3. The van der Waals surface area contributed by atoms with Crippen LogP contribution in [0, 0.1) is 0 Å². The van der Waals surface area contributed by atoms with E-state index in [-0.39, 0.29) is 18.0 Å². The molecule has 0 bridgehead atoms. The van der Waals surface area contributed by atoms with Crippen molar-refractivity contribution >= 4 is 17.8 Å². The summed E-state index contributed by atoms with van der Waals surface area (Å²) in [6.45, 7) is 4.88. The number of hydrogen-bond acceptors (Lipinski definition) is 5. The summed E-state index contributed by atoms with van der Waals surface area (Å²) in [5.41, 5.74) is 5.47.